The van der Waals surface area contributed by atoms with Crippen molar-refractivity contribution in [3.63, 3.8) is 0 Å². The van der Waals surface area contributed by atoms with Gasteiger partial charge in [0.15, 0.2) is 0 Å². The molecular formula is C11H10Cl2O. The Kier molecular flexibility index (Phi) is 2.80. The maximum atomic E-state index is 11.5. The van der Waals surface area contributed by atoms with Crippen molar-refractivity contribution < 1.29 is 4.79 Å². The minimum Gasteiger partial charge on any atom is -0.299 e. The van der Waals surface area contributed by atoms with Crippen LogP contribution in [0.4, 0.5) is 0 Å². The lowest BCUT2D eigenvalue weighted by Gasteiger charge is -2.08. The van der Waals surface area contributed by atoms with E-state index in [9.17, 15) is 4.79 Å². The number of benzene rings is 1. The molecule has 0 saturated heterocycles. The number of rotatable bonds is 1. The summed E-state index contributed by atoms with van der Waals surface area (Å²) in [4.78, 5) is 11.5. The third-order valence-corrected chi connectivity index (χ3v) is 3.39. The van der Waals surface area contributed by atoms with E-state index < -0.39 is 0 Å². The minimum absolute atomic E-state index is 0.0461. The molecule has 0 N–H and O–H groups in total. The van der Waals surface area contributed by atoms with E-state index in [4.69, 9.17) is 23.2 Å². The van der Waals surface area contributed by atoms with Crippen molar-refractivity contribution in [1.29, 1.82) is 0 Å². The zero-order valence-corrected chi connectivity index (χ0v) is 9.11. The molecule has 0 aliphatic heterocycles. The first-order chi connectivity index (χ1) is 6.68. The van der Waals surface area contributed by atoms with Crippen molar-refractivity contribution in [2.45, 2.75) is 25.2 Å². The van der Waals surface area contributed by atoms with Crippen LogP contribution in [-0.4, -0.2) is 5.78 Å². The van der Waals surface area contributed by atoms with Crippen molar-refractivity contribution >= 4 is 29.0 Å². The summed E-state index contributed by atoms with van der Waals surface area (Å²) in [5.74, 6) is 0.369. The van der Waals surface area contributed by atoms with E-state index >= 15 is 0 Å². The lowest BCUT2D eigenvalue weighted by molar-refractivity contribution is -0.118. The van der Waals surface area contributed by atoms with Crippen LogP contribution in [0.15, 0.2) is 18.2 Å². The fraction of sp³-hybridized carbons (Fsp3) is 0.364. The molecule has 1 aliphatic rings. The molecule has 2 rings (SSSR count). The Hall–Kier alpha value is -0.530. The molecule has 0 bridgehead atoms. The highest BCUT2D eigenvalue weighted by Crippen LogP contribution is 2.34. The van der Waals surface area contributed by atoms with Gasteiger partial charge in [0, 0.05) is 12.3 Å². The van der Waals surface area contributed by atoms with Gasteiger partial charge in [-0.3, -0.25) is 4.79 Å². The molecule has 1 fully saturated rings. The zero-order valence-electron chi connectivity index (χ0n) is 7.59. The first-order valence-corrected chi connectivity index (χ1v) is 5.42. The normalized spacial score (nSPS) is 21.6. The number of ketones is 1. The second-order valence-electron chi connectivity index (χ2n) is 3.58. The highest BCUT2D eigenvalue weighted by molar-refractivity contribution is 6.42. The lowest BCUT2D eigenvalue weighted by atomic mass is 9.97. The Morgan fingerprint density at radius 1 is 1.21 bits per heavy atom. The van der Waals surface area contributed by atoms with Gasteiger partial charge in [-0.1, -0.05) is 29.3 Å². The Labute approximate surface area is 93.0 Å². The molecule has 1 aliphatic carbocycles. The van der Waals surface area contributed by atoms with Gasteiger partial charge in [0.1, 0.15) is 5.78 Å². The summed E-state index contributed by atoms with van der Waals surface area (Å²) >= 11 is 11.7. The van der Waals surface area contributed by atoms with E-state index in [1.54, 1.807) is 12.1 Å². The summed E-state index contributed by atoms with van der Waals surface area (Å²) in [7, 11) is 0. The van der Waals surface area contributed by atoms with Crippen molar-refractivity contribution in [3.05, 3.63) is 33.8 Å². The third kappa shape index (κ3) is 1.79. The van der Waals surface area contributed by atoms with Gasteiger partial charge in [0.05, 0.1) is 10.0 Å². The predicted molar refractivity (Wildman–Crippen MR) is 58.1 cm³/mol. The Morgan fingerprint density at radius 3 is 2.57 bits per heavy atom. The van der Waals surface area contributed by atoms with Gasteiger partial charge < -0.3 is 0 Å². The second-order valence-corrected chi connectivity index (χ2v) is 4.40. The van der Waals surface area contributed by atoms with Gasteiger partial charge in [-0.05, 0) is 30.5 Å². The zero-order chi connectivity index (χ0) is 10.1. The number of Topliss-reactive ketones (excluding diaryl/α,β-unsaturated/α-hetero) is 1. The summed E-state index contributed by atoms with van der Waals surface area (Å²) in [5.41, 5.74) is 1.00. The average Bonchev–Trinajstić information content (AvgIpc) is 2.57. The molecule has 0 amide bonds. The van der Waals surface area contributed by atoms with Crippen LogP contribution in [0.25, 0.3) is 0 Å². The Balaban J connectivity index is 2.32. The standard InChI is InChI=1S/C11H10Cl2O/c12-9-5-4-7(6-10(9)13)8-2-1-3-11(8)14/h4-6,8H,1-3H2/t8-/m1/s1. The van der Waals surface area contributed by atoms with Gasteiger partial charge in [0.25, 0.3) is 0 Å². The van der Waals surface area contributed by atoms with Gasteiger partial charge in [0.2, 0.25) is 0 Å². The molecule has 0 radical (unpaired) electrons. The largest absolute Gasteiger partial charge is 0.299 e. The van der Waals surface area contributed by atoms with Crippen LogP contribution in [0, 0.1) is 0 Å². The van der Waals surface area contributed by atoms with Gasteiger partial charge in [-0.2, -0.15) is 0 Å². The second kappa shape index (κ2) is 3.92. The molecular weight excluding hydrogens is 219 g/mol. The summed E-state index contributed by atoms with van der Waals surface area (Å²) < 4.78 is 0. The molecule has 0 unspecified atom stereocenters. The SMILES string of the molecule is O=C1CCC[C@@H]1c1ccc(Cl)c(Cl)c1. The first-order valence-electron chi connectivity index (χ1n) is 4.66. The molecule has 1 saturated carbocycles. The number of hydrogen-bond acceptors (Lipinski definition) is 1. The Bertz CT molecular complexity index is 374. The molecule has 3 heteroatoms. The number of hydrogen-bond donors (Lipinski definition) is 0. The topological polar surface area (TPSA) is 17.1 Å². The molecule has 1 nitrogen and oxygen atoms in total. The molecule has 1 aromatic rings. The van der Waals surface area contributed by atoms with E-state index in [2.05, 4.69) is 0 Å². The lowest BCUT2D eigenvalue weighted by Crippen LogP contribution is -2.03. The van der Waals surface area contributed by atoms with Crippen LogP contribution in [-0.2, 0) is 4.79 Å². The number of halogens is 2. The van der Waals surface area contributed by atoms with E-state index in [0.29, 0.717) is 22.2 Å². The van der Waals surface area contributed by atoms with E-state index in [0.717, 1.165) is 18.4 Å². The van der Waals surface area contributed by atoms with Crippen molar-refractivity contribution in [2.24, 2.45) is 0 Å². The summed E-state index contributed by atoms with van der Waals surface area (Å²) in [6.07, 6.45) is 2.63. The molecule has 1 atom stereocenters. The van der Waals surface area contributed by atoms with Crippen LogP contribution >= 0.6 is 23.2 Å². The fourth-order valence-corrected chi connectivity index (χ4v) is 2.20. The predicted octanol–water partition coefficient (Wildman–Crippen LogP) is 3.83. The van der Waals surface area contributed by atoms with Crippen LogP contribution in [0.5, 0.6) is 0 Å². The van der Waals surface area contributed by atoms with Crippen molar-refractivity contribution in [2.75, 3.05) is 0 Å². The molecule has 74 valence electrons. The number of carbonyl (C=O) groups is 1. The van der Waals surface area contributed by atoms with Crippen LogP contribution < -0.4 is 0 Å². The maximum absolute atomic E-state index is 11.5. The summed E-state index contributed by atoms with van der Waals surface area (Å²) in [5, 5.41) is 1.07. The van der Waals surface area contributed by atoms with E-state index in [1.165, 1.54) is 0 Å². The first kappa shape index (κ1) is 10.0. The Morgan fingerprint density at radius 2 is 2.00 bits per heavy atom. The quantitative estimate of drug-likeness (QED) is 0.715. The monoisotopic (exact) mass is 228 g/mol. The maximum Gasteiger partial charge on any atom is 0.140 e. The van der Waals surface area contributed by atoms with Gasteiger partial charge in [-0.25, -0.2) is 0 Å². The van der Waals surface area contributed by atoms with Crippen molar-refractivity contribution in [3.8, 4) is 0 Å². The number of carbonyl (C=O) groups excluding carboxylic acids is 1. The van der Waals surface area contributed by atoms with E-state index in [1.807, 2.05) is 6.07 Å². The van der Waals surface area contributed by atoms with Crippen LogP contribution in [0.2, 0.25) is 10.0 Å². The third-order valence-electron chi connectivity index (χ3n) is 2.65. The van der Waals surface area contributed by atoms with E-state index in [-0.39, 0.29) is 5.92 Å². The summed E-state index contributed by atoms with van der Waals surface area (Å²) in [6, 6.07) is 5.45. The van der Waals surface area contributed by atoms with Gasteiger partial charge >= 0.3 is 0 Å². The van der Waals surface area contributed by atoms with Gasteiger partial charge in [-0.15, -0.1) is 0 Å². The minimum atomic E-state index is 0.0461. The molecule has 14 heavy (non-hydrogen) atoms. The smallest absolute Gasteiger partial charge is 0.140 e. The van der Waals surface area contributed by atoms with Crippen LogP contribution in [0.3, 0.4) is 0 Å². The summed E-state index contributed by atoms with van der Waals surface area (Å²) in [6.45, 7) is 0. The highest BCUT2D eigenvalue weighted by atomic mass is 35.5. The van der Waals surface area contributed by atoms with Crippen LogP contribution in [0.1, 0.15) is 30.7 Å². The van der Waals surface area contributed by atoms with Crippen molar-refractivity contribution in [1.82, 2.24) is 0 Å². The molecule has 0 aromatic heterocycles. The highest BCUT2D eigenvalue weighted by Gasteiger charge is 2.26. The molecule has 0 spiro atoms. The molecule has 0 heterocycles. The fourth-order valence-electron chi connectivity index (χ4n) is 1.90. The average molecular weight is 229 g/mol. The molecule has 1 aromatic carbocycles.